The molecular weight excluding hydrogens is 386 g/mol. The molecule has 2 heterocycles. The zero-order chi connectivity index (χ0) is 20.1. The molecule has 0 bridgehead atoms. The van der Waals surface area contributed by atoms with Crippen LogP contribution in [-0.4, -0.2) is 16.0 Å². The molecule has 1 amide bonds. The van der Waals surface area contributed by atoms with E-state index in [4.69, 9.17) is 9.26 Å². The Balaban J connectivity index is 1.37. The van der Waals surface area contributed by atoms with Crippen LogP contribution in [0.15, 0.2) is 70.6 Å². The standard InChI is InChI=1S/C22H19N3O3S/c1-15-8-10-16(11-9-15)27-18-6-3-2-5-17(18)23-20(26)12-13-21-24-22(25-28-21)19-7-4-14-29-19/h2-11,14H,12-13H2,1H3,(H,23,26). The van der Waals surface area contributed by atoms with Crippen molar-refractivity contribution in [1.29, 1.82) is 0 Å². The van der Waals surface area contributed by atoms with Crippen LogP contribution in [0.25, 0.3) is 10.7 Å². The second-order valence-electron chi connectivity index (χ2n) is 6.45. The molecule has 6 nitrogen and oxygen atoms in total. The number of para-hydroxylation sites is 2. The lowest BCUT2D eigenvalue weighted by molar-refractivity contribution is -0.116. The van der Waals surface area contributed by atoms with Gasteiger partial charge >= 0.3 is 0 Å². The summed E-state index contributed by atoms with van der Waals surface area (Å²) in [5.41, 5.74) is 1.77. The van der Waals surface area contributed by atoms with Crippen LogP contribution in [0.5, 0.6) is 11.5 Å². The number of rotatable bonds is 7. The smallest absolute Gasteiger partial charge is 0.227 e. The van der Waals surface area contributed by atoms with E-state index in [0.29, 0.717) is 35.3 Å². The Morgan fingerprint density at radius 2 is 1.93 bits per heavy atom. The first-order valence-electron chi connectivity index (χ1n) is 9.17. The molecule has 4 rings (SSSR count). The lowest BCUT2D eigenvalue weighted by atomic mass is 10.2. The largest absolute Gasteiger partial charge is 0.455 e. The third kappa shape index (κ3) is 4.89. The van der Waals surface area contributed by atoms with E-state index in [1.807, 2.05) is 73.0 Å². The monoisotopic (exact) mass is 405 g/mol. The first kappa shape index (κ1) is 18.9. The number of aromatic nitrogens is 2. The maximum absolute atomic E-state index is 12.4. The maximum Gasteiger partial charge on any atom is 0.227 e. The minimum atomic E-state index is -0.152. The van der Waals surface area contributed by atoms with E-state index in [9.17, 15) is 4.79 Å². The topological polar surface area (TPSA) is 77.2 Å². The average Bonchev–Trinajstić information content (AvgIpc) is 3.41. The molecule has 0 aliphatic carbocycles. The van der Waals surface area contributed by atoms with Crippen molar-refractivity contribution < 1.29 is 14.1 Å². The zero-order valence-corrected chi connectivity index (χ0v) is 16.6. The van der Waals surface area contributed by atoms with Gasteiger partial charge in [-0.15, -0.1) is 11.3 Å². The highest BCUT2D eigenvalue weighted by atomic mass is 32.1. The van der Waals surface area contributed by atoms with Crippen molar-refractivity contribution in [3.05, 3.63) is 77.5 Å². The summed E-state index contributed by atoms with van der Waals surface area (Å²) < 4.78 is 11.2. The van der Waals surface area contributed by atoms with Gasteiger partial charge in [0.1, 0.15) is 5.75 Å². The molecule has 2 aromatic carbocycles. The van der Waals surface area contributed by atoms with Crippen LogP contribution < -0.4 is 10.1 Å². The van der Waals surface area contributed by atoms with Gasteiger partial charge in [0.2, 0.25) is 17.6 Å². The van der Waals surface area contributed by atoms with E-state index in [2.05, 4.69) is 15.5 Å². The first-order valence-corrected chi connectivity index (χ1v) is 10.1. The van der Waals surface area contributed by atoms with E-state index in [1.54, 1.807) is 11.3 Å². The maximum atomic E-state index is 12.4. The summed E-state index contributed by atoms with van der Waals surface area (Å²) in [6.45, 7) is 2.02. The molecule has 0 aliphatic heterocycles. The molecule has 0 aliphatic rings. The highest BCUT2D eigenvalue weighted by Crippen LogP contribution is 2.29. The minimum absolute atomic E-state index is 0.152. The molecule has 4 aromatic rings. The minimum Gasteiger partial charge on any atom is -0.455 e. The van der Waals surface area contributed by atoms with E-state index < -0.39 is 0 Å². The summed E-state index contributed by atoms with van der Waals surface area (Å²) in [7, 11) is 0. The number of hydrogen-bond acceptors (Lipinski definition) is 6. The van der Waals surface area contributed by atoms with Gasteiger partial charge in [0.15, 0.2) is 5.75 Å². The Kier molecular flexibility index (Phi) is 5.67. The zero-order valence-electron chi connectivity index (χ0n) is 15.8. The second kappa shape index (κ2) is 8.70. The van der Waals surface area contributed by atoms with Gasteiger partial charge in [-0.1, -0.05) is 41.1 Å². The number of aryl methyl sites for hydroxylation is 2. The van der Waals surface area contributed by atoms with Gasteiger partial charge in [-0.3, -0.25) is 4.79 Å². The molecule has 2 aromatic heterocycles. The summed E-state index contributed by atoms with van der Waals surface area (Å²) in [5.74, 6) is 2.13. The molecule has 7 heteroatoms. The lowest BCUT2D eigenvalue weighted by Crippen LogP contribution is -2.13. The molecule has 0 unspecified atom stereocenters. The molecule has 0 atom stereocenters. The fourth-order valence-electron chi connectivity index (χ4n) is 2.69. The van der Waals surface area contributed by atoms with Gasteiger partial charge in [0.05, 0.1) is 10.6 Å². The van der Waals surface area contributed by atoms with Crippen LogP contribution in [0.1, 0.15) is 17.9 Å². The van der Waals surface area contributed by atoms with Crippen molar-refractivity contribution in [2.45, 2.75) is 19.8 Å². The molecular formula is C22H19N3O3S. The van der Waals surface area contributed by atoms with Crippen LogP contribution in [0, 0.1) is 6.92 Å². The number of amides is 1. The quantitative estimate of drug-likeness (QED) is 0.441. The van der Waals surface area contributed by atoms with Gasteiger partial charge in [0.25, 0.3) is 0 Å². The predicted octanol–water partition coefficient (Wildman–Crippen LogP) is 5.47. The van der Waals surface area contributed by atoms with Gasteiger partial charge in [-0.2, -0.15) is 4.98 Å². The van der Waals surface area contributed by atoms with Crippen LogP contribution in [0.2, 0.25) is 0 Å². The third-order valence-corrected chi connectivity index (χ3v) is 5.05. The molecule has 1 N–H and O–H groups in total. The van der Waals surface area contributed by atoms with Gasteiger partial charge in [0, 0.05) is 12.8 Å². The van der Waals surface area contributed by atoms with Gasteiger partial charge < -0.3 is 14.6 Å². The predicted molar refractivity (Wildman–Crippen MR) is 112 cm³/mol. The normalized spacial score (nSPS) is 10.7. The number of carbonyl (C=O) groups excluding carboxylic acids is 1. The van der Waals surface area contributed by atoms with Crippen LogP contribution in [-0.2, 0) is 11.2 Å². The Labute approximate surface area is 172 Å². The number of hydrogen-bond donors (Lipinski definition) is 1. The summed E-state index contributed by atoms with van der Waals surface area (Å²) in [6.07, 6.45) is 0.593. The first-order chi connectivity index (χ1) is 14.2. The van der Waals surface area contributed by atoms with E-state index in [0.717, 1.165) is 10.4 Å². The highest BCUT2D eigenvalue weighted by Gasteiger charge is 2.13. The SMILES string of the molecule is Cc1ccc(Oc2ccccc2NC(=O)CCc2nc(-c3cccs3)no2)cc1. The van der Waals surface area contributed by atoms with Crippen LogP contribution in [0.4, 0.5) is 5.69 Å². The molecule has 0 spiro atoms. The van der Waals surface area contributed by atoms with Crippen molar-refractivity contribution in [2.75, 3.05) is 5.32 Å². The number of thiophene rings is 1. The van der Waals surface area contributed by atoms with E-state index in [-0.39, 0.29) is 12.3 Å². The Morgan fingerprint density at radius 3 is 2.72 bits per heavy atom. The molecule has 0 saturated carbocycles. The van der Waals surface area contributed by atoms with Crippen molar-refractivity contribution in [1.82, 2.24) is 10.1 Å². The van der Waals surface area contributed by atoms with Gasteiger partial charge in [-0.25, -0.2) is 0 Å². The fraction of sp³-hybridized carbons (Fsp3) is 0.136. The number of carbonyl (C=O) groups is 1. The summed E-state index contributed by atoms with van der Waals surface area (Å²) >= 11 is 1.54. The van der Waals surface area contributed by atoms with E-state index >= 15 is 0 Å². The number of nitrogens with one attached hydrogen (secondary N) is 1. The molecule has 0 radical (unpaired) electrons. The number of benzene rings is 2. The number of ether oxygens (including phenoxy) is 1. The molecule has 29 heavy (non-hydrogen) atoms. The van der Waals surface area contributed by atoms with Crippen LogP contribution >= 0.6 is 11.3 Å². The molecule has 146 valence electrons. The number of nitrogens with zero attached hydrogens (tertiary/aromatic N) is 2. The summed E-state index contributed by atoms with van der Waals surface area (Å²) in [5, 5.41) is 8.81. The number of anilines is 1. The van der Waals surface area contributed by atoms with Crippen LogP contribution in [0.3, 0.4) is 0 Å². The van der Waals surface area contributed by atoms with E-state index in [1.165, 1.54) is 0 Å². The highest BCUT2D eigenvalue weighted by molar-refractivity contribution is 7.13. The van der Waals surface area contributed by atoms with Gasteiger partial charge in [-0.05, 0) is 42.6 Å². The fourth-order valence-corrected chi connectivity index (χ4v) is 3.34. The summed E-state index contributed by atoms with van der Waals surface area (Å²) in [4.78, 5) is 17.7. The van der Waals surface area contributed by atoms with Crippen molar-refractivity contribution in [2.24, 2.45) is 0 Å². The summed E-state index contributed by atoms with van der Waals surface area (Å²) in [6, 6.07) is 19.0. The molecule has 0 fully saturated rings. The Hall–Kier alpha value is -3.45. The average molecular weight is 405 g/mol. The van der Waals surface area contributed by atoms with Crippen molar-refractivity contribution in [3.8, 4) is 22.2 Å². The second-order valence-corrected chi connectivity index (χ2v) is 7.40. The lowest BCUT2D eigenvalue weighted by Gasteiger charge is -2.12. The molecule has 0 saturated heterocycles. The van der Waals surface area contributed by atoms with Crippen molar-refractivity contribution in [3.63, 3.8) is 0 Å². The third-order valence-electron chi connectivity index (χ3n) is 4.19. The van der Waals surface area contributed by atoms with Crippen molar-refractivity contribution >= 4 is 22.9 Å². The Bertz CT molecular complexity index is 1090. The Morgan fingerprint density at radius 1 is 1.10 bits per heavy atom.